The third-order valence-electron chi connectivity index (χ3n) is 3.94. The maximum Gasteiger partial charge on any atom is 0.145 e. The van der Waals surface area contributed by atoms with Crippen molar-refractivity contribution in [3.05, 3.63) is 11.9 Å². The van der Waals surface area contributed by atoms with Crippen LogP contribution in [0.1, 0.15) is 46.4 Å². The molecule has 0 amide bonds. The predicted octanol–water partition coefficient (Wildman–Crippen LogP) is 1.95. The quantitative estimate of drug-likeness (QED) is 0.549. The molecule has 0 radical (unpaired) electrons. The molecule has 1 aliphatic rings. The zero-order valence-electron chi connectivity index (χ0n) is 13.8. The van der Waals surface area contributed by atoms with Crippen LogP contribution < -0.4 is 16.6 Å². The Hall–Kier alpha value is -1.40. The number of nitrogens with two attached hydrogens (primary N) is 1. The molecule has 2 rings (SSSR count). The fourth-order valence-electron chi connectivity index (χ4n) is 2.19. The standard InChI is InChI=1S/C15H28N6/c1-10(21(5)11-6-7-11)9-17-12-8-13(20-16)19-14(18-12)15(2,3)4/h8,10-11H,6-7,9,16H2,1-5H3,(H2,17,18,19,20). The molecular formula is C15H28N6. The number of hydrazine groups is 1. The molecule has 1 aromatic heterocycles. The van der Waals surface area contributed by atoms with Crippen molar-refractivity contribution < 1.29 is 0 Å². The Labute approximate surface area is 127 Å². The van der Waals surface area contributed by atoms with Crippen LogP contribution in [-0.4, -0.2) is 40.5 Å². The van der Waals surface area contributed by atoms with Gasteiger partial charge in [0, 0.05) is 30.1 Å². The highest BCUT2D eigenvalue weighted by molar-refractivity contribution is 5.47. The van der Waals surface area contributed by atoms with Crippen molar-refractivity contribution in [3.63, 3.8) is 0 Å². The van der Waals surface area contributed by atoms with Gasteiger partial charge in [0.15, 0.2) is 0 Å². The fourth-order valence-corrected chi connectivity index (χ4v) is 2.19. The number of likely N-dealkylation sites (N-methyl/N-ethyl adjacent to an activating group) is 1. The van der Waals surface area contributed by atoms with Gasteiger partial charge in [0.1, 0.15) is 17.5 Å². The van der Waals surface area contributed by atoms with Crippen LogP contribution in [0.5, 0.6) is 0 Å². The van der Waals surface area contributed by atoms with Crippen LogP contribution in [0.15, 0.2) is 6.07 Å². The summed E-state index contributed by atoms with van der Waals surface area (Å²) in [6.07, 6.45) is 2.65. The lowest BCUT2D eigenvalue weighted by Crippen LogP contribution is -2.36. The number of nitrogen functional groups attached to an aromatic ring is 1. The van der Waals surface area contributed by atoms with Crippen molar-refractivity contribution >= 4 is 11.6 Å². The summed E-state index contributed by atoms with van der Waals surface area (Å²) < 4.78 is 0. The average Bonchev–Trinajstić information content (AvgIpc) is 3.27. The zero-order chi connectivity index (χ0) is 15.6. The lowest BCUT2D eigenvalue weighted by Gasteiger charge is -2.25. The van der Waals surface area contributed by atoms with Gasteiger partial charge in [-0.25, -0.2) is 15.8 Å². The molecule has 21 heavy (non-hydrogen) atoms. The number of rotatable bonds is 6. The van der Waals surface area contributed by atoms with E-state index in [0.29, 0.717) is 11.9 Å². The number of hydrogen-bond acceptors (Lipinski definition) is 6. The van der Waals surface area contributed by atoms with Crippen LogP contribution >= 0.6 is 0 Å². The first-order valence-corrected chi connectivity index (χ1v) is 7.63. The monoisotopic (exact) mass is 292 g/mol. The molecule has 118 valence electrons. The summed E-state index contributed by atoms with van der Waals surface area (Å²) in [6.45, 7) is 9.37. The van der Waals surface area contributed by atoms with Gasteiger partial charge in [-0.2, -0.15) is 0 Å². The van der Waals surface area contributed by atoms with Gasteiger partial charge in [-0.15, -0.1) is 0 Å². The number of nitrogens with one attached hydrogen (secondary N) is 2. The highest BCUT2D eigenvalue weighted by Gasteiger charge is 2.29. The molecule has 1 aromatic rings. The Balaban J connectivity index is 2.04. The van der Waals surface area contributed by atoms with E-state index in [2.05, 4.69) is 60.4 Å². The van der Waals surface area contributed by atoms with Crippen LogP contribution in [0.3, 0.4) is 0 Å². The van der Waals surface area contributed by atoms with Gasteiger partial charge < -0.3 is 10.7 Å². The van der Waals surface area contributed by atoms with E-state index in [-0.39, 0.29) is 5.41 Å². The first-order chi connectivity index (χ1) is 9.81. The molecule has 4 N–H and O–H groups in total. The fraction of sp³-hybridized carbons (Fsp3) is 0.733. The minimum atomic E-state index is -0.111. The molecule has 0 bridgehead atoms. The number of aromatic nitrogens is 2. The molecule has 0 saturated heterocycles. The first-order valence-electron chi connectivity index (χ1n) is 7.63. The average molecular weight is 292 g/mol. The molecule has 1 saturated carbocycles. The molecule has 1 heterocycles. The second-order valence-corrected chi connectivity index (χ2v) is 6.98. The smallest absolute Gasteiger partial charge is 0.145 e. The normalized spacial score (nSPS) is 16.9. The minimum absolute atomic E-state index is 0.111. The summed E-state index contributed by atoms with van der Waals surface area (Å²) >= 11 is 0. The minimum Gasteiger partial charge on any atom is -0.368 e. The van der Waals surface area contributed by atoms with Crippen molar-refractivity contribution in [3.8, 4) is 0 Å². The van der Waals surface area contributed by atoms with E-state index in [0.717, 1.165) is 24.2 Å². The van der Waals surface area contributed by atoms with Crippen LogP contribution in [0.25, 0.3) is 0 Å². The van der Waals surface area contributed by atoms with Crippen molar-refractivity contribution in [1.82, 2.24) is 14.9 Å². The number of anilines is 2. The Morgan fingerprint density at radius 3 is 2.48 bits per heavy atom. The largest absolute Gasteiger partial charge is 0.368 e. The van der Waals surface area contributed by atoms with E-state index in [1.807, 2.05) is 6.07 Å². The van der Waals surface area contributed by atoms with Crippen LogP contribution in [0.2, 0.25) is 0 Å². The predicted molar refractivity (Wildman–Crippen MR) is 87.3 cm³/mol. The van der Waals surface area contributed by atoms with Gasteiger partial charge in [-0.05, 0) is 26.8 Å². The molecule has 6 heteroatoms. The van der Waals surface area contributed by atoms with Gasteiger partial charge in [0.05, 0.1) is 0 Å². The zero-order valence-corrected chi connectivity index (χ0v) is 13.8. The molecular weight excluding hydrogens is 264 g/mol. The molecule has 0 aromatic carbocycles. The summed E-state index contributed by atoms with van der Waals surface area (Å²) in [6, 6.07) is 3.08. The summed E-state index contributed by atoms with van der Waals surface area (Å²) in [5, 5.41) is 3.41. The summed E-state index contributed by atoms with van der Waals surface area (Å²) in [4.78, 5) is 11.5. The summed E-state index contributed by atoms with van der Waals surface area (Å²) in [5.41, 5.74) is 2.51. The molecule has 6 nitrogen and oxygen atoms in total. The van der Waals surface area contributed by atoms with Crippen LogP contribution in [0.4, 0.5) is 11.6 Å². The number of hydrogen-bond donors (Lipinski definition) is 3. The van der Waals surface area contributed by atoms with Gasteiger partial charge in [-0.1, -0.05) is 20.8 Å². The van der Waals surface area contributed by atoms with Gasteiger partial charge in [0.25, 0.3) is 0 Å². The van der Waals surface area contributed by atoms with Crippen molar-refractivity contribution in [2.75, 3.05) is 24.3 Å². The Morgan fingerprint density at radius 2 is 1.95 bits per heavy atom. The Kier molecular flexibility index (Phi) is 4.68. The molecule has 1 fully saturated rings. The van der Waals surface area contributed by atoms with Gasteiger partial charge >= 0.3 is 0 Å². The summed E-state index contributed by atoms with van der Waals surface area (Å²) in [7, 11) is 2.19. The van der Waals surface area contributed by atoms with Crippen molar-refractivity contribution in [2.45, 2.75) is 58.0 Å². The van der Waals surface area contributed by atoms with Crippen molar-refractivity contribution in [2.24, 2.45) is 5.84 Å². The van der Waals surface area contributed by atoms with Gasteiger partial charge in [0.2, 0.25) is 0 Å². The Morgan fingerprint density at radius 1 is 1.33 bits per heavy atom. The third kappa shape index (κ3) is 4.28. The van der Waals surface area contributed by atoms with E-state index in [4.69, 9.17) is 5.84 Å². The SMILES string of the molecule is CC(CNc1cc(NN)nc(C(C)(C)C)n1)N(C)C1CC1. The molecule has 1 aliphatic carbocycles. The molecule has 0 spiro atoms. The van der Waals surface area contributed by atoms with Crippen molar-refractivity contribution in [1.29, 1.82) is 0 Å². The molecule has 0 aliphatic heterocycles. The van der Waals surface area contributed by atoms with Crippen LogP contribution in [0, 0.1) is 0 Å². The first kappa shape index (κ1) is 16.0. The van der Waals surface area contributed by atoms with Gasteiger partial charge in [-0.3, -0.25) is 4.90 Å². The third-order valence-corrected chi connectivity index (χ3v) is 3.94. The molecule has 1 atom stereocenters. The maximum absolute atomic E-state index is 5.51. The maximum atomic E-state index is 5.51. The second-order valence-electron chi connectivity index (χ2n) is 6.98. The van der Waals surface area contributed by atoms with E-state index in [9.17, 15) is 0 Å². The van der Waals surface area contributed by atoms with Crippen LogP contribution in [-0.2, 0) is 5.41 Å². The molecule has 1 unspecified atom stereocenters. The van der Waals surface area contributed by atoms with E-state index < -0.39 is 0 Å². The Bertz CT molecular complexity index is 478. The lowest BCUT2D eigenvalue weighted by molar-refractivity contribution is 0.257. The van der Waals surface area contributed by atoms with E-state index in [1.165, 1.54) is 12.8 Å². The second kappa shape index (κ2) is 6.15. The lowest BCUT2D eigenvalue weighted by atomic mass is 9.96. The van der Waals surface area contributed by atoms with E-state index in [1.54, 1.807) is 0 Å². The van der Waals surface area contributed by atoms with E-state index >= 15 is 0 Å². The summed E-state index contributed by atoms with van der Waals surface area (Å²) in [5.74, 6) is 7.75. The topological polar surface area (TPSA) is 79.1 Å². The highest BCUT2D eigenvalue weighted by atomic mass is 15.3. The number of nitrogens with zero attached hydrogens (tertiary/aromatic N) is 3. The highest BCUT2D eigenvalue weighted by Crippen LogP contribution is 2.27.